The van der Waals surface area contributed by atoms with Gasteiger partial charge in [-0.05, 0) is 0 Å². The van der Waals surface area contributed by atoms with E-state index >= 15 is 0 Å². The second-order valence-electron chi connectivity index (χ2n) is 1.54. The number of rotatable bonds is 3. The van der Waals surface area contributed by atoms with Gasteiger partial charge in [-0.25, -0.2) is 0 Å². The van der Waals surface area contributed by atoms with Crippen LogP contribution in [-0.4, -0.2) is 27.3 Å². The van der Waals surface area contributed by atoms with Gasteiger partial charge in [-0.3, -0.25) is 4.55 Å². The molecule has 0 aliphatic rings. The maximum absolute atomic E-state index is 10.4. The molecule has 0 aliphatic carbocycles. The SMILES string of the molecule is O=S(=O)(O)C(Br)C(Br)CBr. The first-order valence-corrected chi connectivity index (χ1v) is 6.65. The lowest BCUT2D eigenvalue weighted by molar-refractivity contribution is 0.480. The van der Waals surface area contributed by atoms with E-state index < -0.39 is 14.3 Å². The summed E-state index contributed by atoms with van der Waals surface area (Å²) in [6.45, 7) is 0. The van der Waals surface area contributed by atoms with Crippen molar-refractivity contribution in [3.8, 4) is 0 Å². The minimum Gasteiger partial charge on any atom is -0.285 e. The van der Waals surface area contributed by atoms with E-state index in [0.29, 0.717) is 5.33 Å². The summed E-state index contributed by atoms with van der Waals surface area (Å²) in [5.74, 6) is 0. The van der Waals surface area contributed by atoms with E-state index in [9.17, 15) is 8.42 Å². The van der Waals surface area contributed by atoms with Crippen molar-refractivity contribution >= 4 is 57.9 Å². The minimum atomic E-state index is -3.97. The molecule has 62 valence electrons. The third kappa shape index (κ3) is 3.66. The lowest BCUT2D eigenvalue weighted by atomic mass is 10.6. The average molecular weight is 361 g/mol. The van der Waals surface area contributed by atoms with Gasteiger partial charge in [-0.1, -0.05) is 47.8 Å². The van der Waals surface area contributed by atoms with E-state index in [-0.39, 0.29) is 4.83 Å². The van der Waals surface area contributed by atoms with Crippen LogP contribution >= 0.6 is 47.8 Å². The topological polar surface area (TPSA) is 54.4 Å². The van der Waals surface area contributed by atoms with Gasteiger partial charge in [0.1, 0.15) is 0 Å². The normalized spacial score (nSPS) is 18.4. The number of alkyl halides is 3. The molecular formula is C3H5Br3O3S. The van der Waals surface area contributed by atoms with Crippen molar-refractivity contribution in [2.24, 2.45) is 0 Å². The van der Waals surface area contributed by atoms with Crippen LogP contribution in [0.15, 0.2) is 0 Å². The van der Waals surface area contributed by atoms with Crippen molar-refractivity contribution in [1.29, 1.82) is 0 Å². The highest BCUT2D eigenvalue weighted by Crippen LogP contribution is 2.20. The van der Waals surface area contributed by atoms with Crippen LogP contribution < -0.4 is 0 Å². The number of hydrogen-bond donors (Lipinski definition) is 1. The van der Waals surface area contributed by atoms with E-state index in [4.69, 9.17) is 4.55 Å². The van der Waals surface area contributed by atoms with Crippen molar-refractivity contribution in [1.82, 2.24) is 0 Å². The van der Waals surface area contributed by atoms with E-state index in [2.05, 4.69) is 47.8 Å². The van der Waals surface area contributed by atoms with Gasteiger partial charge in [0, 0.05) is 5.33 Å². The van der Waals surface area contributed by atoms with Crippen molar-refractivity contribution in [2.45, 2.75) is 8.99 Å². The van der Waals surface area contributed by atoms with Gasteiger partial charge in [0.2, 0.25) is 0 Å². The molecule has 0 aromatic heterocycles. The third-order valence-electron chi connectivity index (χ3n) is 0.716. The summed E-state index contributed by atoms with van der Waals surface area (Å²) >= 11 is 8.91. The highest BCUT2D eigenvalue weighted by molar-refractivity contribution is 9.14. The van der Waals surface area contributed by atoms with Crippen molar-refractivity contribution in [3.05, 3.63) is 0 Å². The molecule has 0 aromatic rings. The smallest absolute Gasteiger partial charge is 0.279 e. The Labute approximate surface area is 84.7 Å². The number of hydrogen-bond acceptors (Lipinski definition) is 2. The second-order valence-corrected chi connectivity index (χ2v) is 6.49. The molecule has 0 spiro atoms. The fourth-order valence-electron chi connectivity index (χ4n) is 0.257. The molecule has 0 rings (SSSR count). The Kier molecular flexibility index (Phi) is 4.99. The van der Waals surface area contributed by atoms with Crippen molar-refractivity contribution in [3.63, 3.8) is 0 Å². The molecular weight excluding hydrogens is 356 g/mol. The lowest BCUT2D eigenvalue weighted by Gasteiger charge is -2.09. The molecule has 0 heterocycles. The van der Waals surface area contributed by atoms with Gasteiger partial charge >= 0.3 is 0 Å². The van der Waals surface area contributed by atoms with E-state index in [0.717, 1.165) is 0 Å². The highest BCUT2D eigenvalue weighted by Gasteiger charge is 2.26. The van der Waals surface area contributed by atoms with Gasteiger partial charge in [0.25, 0.3) is 10.1 Å². The van der Waals surface area contributed by atoms with Crippen molar-refractivity contribution in [2.75, 3.05) is 5.33 Å². The quantitative estimate of drug-likeness (QED) is 0.616. The standard InChI is InChI=1S/C3H5Br3O3S/c4-1-2(5)3(6)10(7,8)9/h2-3H,1H2,(H,7,8,9). The van der Waals surface area contributed by atoms with E-state index in [1.165, 1.54) is 0 Å². The largest absolute Gasteiger partial charge is 0.285 e. The molecule has 0 aliphatic heterocycles. The Bertz CT molecular complexity index is 189. The van der Waals surface area contributed by atoms with Gasteiger partial charge in [-0.2, -0.15) is 8.42 Å². The predicted molar refractivity (Wildman–Crippen MR) is 50.8 cm³/mol. The van der Waals surface area contributed by atoms with E-state index in [1.807, 2.05) is 0 Å². The van der Waals surface area contributed by atoms with E-state index in [1.54, 1.807) is 0 Å². The molecule has 7 heteroatoms. The first-order valence-electron chi connectivity index (χ1n) is 2.20. The molecule has 1 N–H and O–H groups in total. The first kappa shape index (κ1) is 11.4. The summed E-state index contributed by atoms with van der Waals surface area (Å²) in [6.07, 6.45) is 0. The maximum Gasteiger partial charge on any atom is 0.279 e. The Morgan fingerprint density at radius 3 is 1.90 bits per heavy atom. The van der Waals surface area contributed by atoms with Gasteiger partial charge in [0.15, 0.2) is 4.16 Å². The van der Waals surface area contributed by atoms with Gasteiger partial charge in [-0.15, -0.1) is 0 Å². The van der Waals surface area contributed by atoms with Crippen LogP contribution in [0.1, 0.15) is 0 Å². The number of halogens is 3. The summed E-state index contributed by atoms with van der Waals surface area (Å²) in [4.78, 5) is -0.331. The lowest BCUT2D eigenvalue weighted by Crippen LogP contribution is -2.24. The molecule has 0 saturated carbocycles. The fourth-order valence-corrected chi connectivity index (χ4v) is 2.85. The maximum atomic E-state index is 10.4. The van der Waals surface area contributed by atoms with Crippen LogP contribution in [0.25, 0.3) is 0 Å². The molecule has 2 atom stereocenters. The molecule has 0 fully saturated rings. The first-order chi connectivity index (χ1) is 4.39. The van der Waals surface area contributed by atoms with Gasteiger partial charge < -0.3 is 0 Å². The van der Waals surface area contributed by atoms with Crippen LogP contribution in [0.3, 0.4) is 0 Å². The summed E-state index contributed by atoms with van der Waals surface area (Å²) in [5, 5.41) is 0.447. The molecule has 0 aromatic carbocycles. The van der Waals surface area contributed by atoms with Crippen LogP contribution in [0.4, 0.5) is 0 Å². The Morgan fingerprint density at radius 1 is 1.40 bits per heavy atom. The zero-order chi connectivity index (χ0) is 8.36. The minimum absolute atomic E-state index is 0.331. The molecule has 10 heavy (non-hydrogen) atoms. The van der Waals surface area contributed by atoms with Crippen LogP contribution in [-0.2, 0) is 10.1 Å². The third-order valence-corrected chi connectivity index (χ3v) is 7.15. The van der Waals surface area contributed by atoms with Crippen LogP contribution in [0.5, 0.6) is 0 Å². The fraction of sp³-hybridized carbons (Fsp3) is 1.00. The second kappa shape index (κ2) is 4.39. The zero-order valence-electron chi connectivity index (χ0n) is 4.67. The Morgan fingerprint density at radius 2 is 1.80 bits per heavy atom. The molecule has 0 saturated heterocycles. The summed E-state index contributed by atoms with van der Waals surface area (Å²) < 4.78 is 28.3. The molecule has 0 amide bonds. The van der Waals surface area contributed by atoms with Crippen LogP contribution in [0, 0.1) is 0 Å². The highest BCUT2D eigenvalue weighted by atomic mass is 79.9. The Balaban J connectivity index is 4.23. The summed E-state index contributed by atoms with van der Waals surface area (Å²) in [7, 11) is -3.97. The molecule has 3 nitrogen and oxygen atoms in total. The molecule has 0 bridgehead atoms. The monoisotopic (exact) mass is 358 g/mol. The van der Waals surface area contributed by atoms with Crippen LogP contribution in [0.2, 0.25) is 0 Å². The van der Waals surface area contributed by atoms with Crippen molar-refractivity contribution < 1.29 is 13.0 Å². The molecule has 0 radical (unpaired) electrons. The predicted octanol–water partition coefficient (Wildman–Crippen LogP) is 1.75. The summed E-state index contributed by atoms with van der Waals surface area (Å²) in [6, 6.07) is 0. The summed E-state index contributed by atoms with van der Waals surface area (Å²) in [5.41, 5.74) is 0. The average Bonchev–Trinajstić information content (AvgIpc) is 1.83. The Hall–Kier alpha value is 1.35. The molecule has 2 unspecified atom stereocenters. The van der Waals surface area contributed by atoms with Gasteiger partial charge in [0.05, 0.1) is 4.83 Å². The zero-order valence-corrected chi connectivity index (χ0v) is 10.2.